The number of benzene rings is 1. The third-order valence-electron chi connectivity index (χ3n) is 2.28. The molecule has 0 unspecified atom stereocenters. The van der Waals surface area contributed by atoms with Crippen LogP contribution in [0.5, 0.6) is 0 Å². The molecule has 0 radical (unpaired) electrons. The molecule has 1 aromatic carbocycles. The molecule has 106 valence electrons. The molecule has 0 bridgehead atoms. The quantitative estimate of drug-likeness (QED) is 0.790. The summed E-state index contributed by atoms with van der Waals surface area (Å²) in [7, 11) is 0. The molecule has 0 aliphatic heterocycles. The summed E-state index contributed by atoms with van der Waals surface area (Å²) < 4.78 is 35.4. The largest absolute Gasteiger partial charge is 0.405 e. The van der Waals surface area contributed by atoms with E-state index in [9.17, 15) is 18.0 Å². The van der Waals surface area contributed by atoms with E-state index in [1.54, 1.807) is 17.4 Å². The van der Waals surface area contributed by atoms with Gasteiger partial charge >= 0.3 is 6.18 Å². The molecular weight excluding hydrogens is 281 g/mol. The summed E-state index contributed by atoms with van der Waals surface area (Å²) in [5.74, 6) is -0.673. The van der Waals surface area contributed by atoms with E-state index < -0.39 is 18.6 Å². The number of hydrogen-bond acceptors (Lipinski definition) is 2. The van der Waals surface area contributed by atoms with Gasteiger partial charge in [0.25, 0.3) is 0 Å². The number of rotatable bonds is 6. The van der Waals surface area contributed by atoms with Crippen LogP contribution >= 0.6 is 11.6 Å². The maximum atomic E-state index is 11.8. The third-order valence-corrected chi connectivity index (χ3v) is 2.53. The van der Waals surface area contributed by atoms with Crippen LogP contribution < -0.4 is 10.6 Å². The highest BCUT2D eigenvalue weighted by Crippen LogP contribution is 2.12. The lowest BCUT2D eigenvalue weighted by Gasteiger charge is -2.09. The Bertz CT molecular complexity index is 406. The van der Waals surface area contributed by atoms with E-state index in [1.807, 2.05) is 12.1 Å². The molecule has 0 spiro atoms. The molecule has 3 nitrogen and oxygen atoms in total. The number of amides is 1. The molecule has 0 aliphatic rings. The van der Waals surface area contributed by atoms with Crippen LogP contribution in [0.1, 0.15) is 5.56 Å². The van der Waals surface area contributed by atoms with Gasteiger partial charge in [-0.05, 0) is 30.7 Å². The number of carbonyl (C=O) groups is 1. The van der Waals surface area contributed by atoms with Crippen LogP contribution in [-0.2, 0) is 11.2 Å². The number of carbonyl (C=O) groups excluding carboxylic acids is 1. The lowest BCUT2D eigenvalue weighted by molar-refractivity contribution is -0.137. The maximum Gasteiger partial charge on any atom is 0.405 e. The average Bonchev–Trinajstić information content (AvgIpc) is 2.33. The predicted molar refractivity (Wildman–Crippen MR) is 67.1 cm³/mol. The van der Waals surface area contributed by atoms with E-state index in [-0.39, 0.29) is 6.54 Å². The van der Waals surface area contributed by atoms with Gasteiger partial charge in [-0.3, -0.25) is 4.79 Å². The van der Waals surface area contributed by atoms with Gasteiger partial charge in [-0.2, -0.15) is 13.2 Å². The fraction of sp³-hybridized carbons (Fsp3) is 0.417. The summed E-state index contributed by atoms with van der Waals surface area (Å²) in [6, 6.07) is 7.22. The highest BCUT2D eigenvalue weighted by molar-refractivity contribution is 6.30. The molecular formula is C12H14ClF3N2O. The second-order valence-corrected chi connectivity index (χ2v) is 4.38. The van der Waals surface area contributed by atoms with Crippen LogP contribution in [0.4, 0.5) is 13.2 Å². The minimum atomic E-state index is -4.38. The number of halogens is 4. The fourth-order valence-corrected chi connectivity index (χ4v) is 1.47. The molecule has 0 aromatic heterocycles. The normalized spacial score (nSPS) is 11.4. The van der Waals surface area contributed by atoms with Crippen molar-refractivity contribution in [2.45, 2.75) is 12.6 Å². The summed E-state index contributed by atoms with van der Waals surface area (Å²) in [4.78, 5) is 11.1. The summed E-state index contributed by atoms with van der Waals surface area (Å²) >= 11 is 5.73. The molecule has 1 aromatic rings. The summed E-state index contributed by atoms with van der Waals surface area (Å²) in [5, 5.41) is 5.20. The predicted octanol–water partition coefficient (Wildman–Crippen LogP) is 2.15. The molecule has 0 heterocycles. The smallest absolute Gasteiger partial charge is 0.346 e. The lowest BCUT2D eigenvalue weighted by atomic mass is 10.1. The van der Waals surface area contributed by atoms with Crippen molar-refractivity contribution in [3.8, 4) is 0 Å². The zero-order valence-electron chi connectivity index (χ0n) is 10.1. The highest BCUT2D eigenvalue weighted by Gasteiger charge is 2.27. The van der Waals surface area contributed by atoms with E-state index >= 15 is 0 Å². The van der Waals surface area contributed by atoms with Gasteiger partial charge in [-0.15, -0.1) is 0 Å². The summed E-state index contributed by atoms with van der Waals surface area (Å²) in [6.07, 6.45) is -3.71. The van der Waals surface area contributed by atoms with Crippen molar-refractivity contribution < 1.29 is 18.0 Å². The van der Waals surface area contributed by atoms with E-state index in [1.165, 1.54) is 0 Å². The Hall–Kier alpha value is -1.27. The van der Waals surface area contributed by atoms with Crippen molar-refractivity contribution in [2.75, 3.05) is 19.6 Å². The van der Waals surface area contributed by atoms with Crippen LogP contribution in [-0.4, -0.2) is 31.7 Å². The van der Waals surface area contributed by atoms with Crippen LogP contribution in [0, 0.1) is 0 Å². The minimum Gasteiger partial charge on any atom is -0.346 e. The highest BCUT2D eigenvalue weighted by atomic mass is 35.5. The Morgan fingerprint density at radius 1 is 1.21 bits per heavy atom. The Morgan fingerprint density at radius 3 is 2.42 bits per heavy atom. The first-order valence-electron chi connectivity index (χ1n) is 5.65. The molecule has 2 N–H and O–H groups in total. The van der Waals surface area contributed by atoms with Crippen molar-refractivity contribution in [3.05, 3.63) is 34.9 Å². The topological polar surface area (TPSA) is 41.1 Å². The van der Waals surface area contributed by atoms with Crippen molar-refractivity contribution in [1.29, 1.82) is 0 Å². The summed E-state index contributed by atoms with van der Waals surface area (Å²) in [5.41, 5.74) is 1.03. The molecule has 0 aliphatic carbocycles. The first-order chi connectivity index (χ1) is 8.87. The van der Waals surface area contributed by atoms with E-state index in [4.69, 9.17) is 11.6 Å². The molecule has 0 atom stereocenters. The van der Waals surface area contributed by atoms with E-state index in [0.29, 0.717) is 18.0 Å². The average molecular weight is 295 g/mol. The van der Waals surface area contributed by atoms with Gasteiger partial charge in [-0.1, -0.05) is 23.7 Å². The Kier molecular flexibility index (Phi) is 6.11. The third kappa shape index (κ3) is 7.69. The first-order valence-corrected chi connectivity index (χ1v) is 6.03. The Balaban J connectivity index is 2.13. The lowest BCUT2D eigenvalue weighted by Crippen LogP contribution is -2.39. The molecule has 0 fully saturated rings. The second kappa shape index (κ2) is 7.35. The van der Waals surface area contributed by atoms with Gasteiger partial charge in [0, 0.05) is 5.02 Å². The van der Waals surface area contributed by atoms with Crippen molar-refractivity contribution in [2.24, 2.45) is 0 Å². The summed E-state index contributed by atoms with van der Waals surface area (Å²) in [6.45, 7) is -0.935. The monoisotopic (exact) mass is 294 g/mol. The van der Waals surface area contributed by atoms with Gasteiger partial charge in [0.2, 0.25) is 5.91 Å². The van der Waals surface area contributed by atoms with Crippen LogP contribution in [0.15, 0.2) is 24.3 Å². The zero-order valence-corrected chi connectivity index (χ0v) is 10.8. The number of alkyl halides is 3. The van der Waals surface area contributed by atoms with Gasteiger partial charge < -0.3 is 10.6 Å². The Labute approximate surface area is 114 Å². The molecule has 0 saturated carbocycles. The van der Waals surface area contributed by atoms with Crippen molar-refractivity contribution >= 4 is 17.5 Å². The van der Waals surface area contributed by atoms with Gasteiger partial charge in [0.1, 0.15) is 6.54 Å². The second-order valence-electron chi connectivity index (χ2n) is 3.95. The molecule has 19 heavy (non-hydrogen) atoms. The number of nitrogens with one attached hydrogen (secondary N) is 2. The van der Waals surface area contributed by atoms with Gasteiger partial charge in [0.15, 0.2) is 0 Å². The van der Waals surface area contributed by atoms with E-state index in [2.05, 4.69) is 5.32 Å². The standard InChI is InChI=1S/C12H14ClF3N2O/c13-10-3-1-9(2-4-10)5-6-17-7-11(19)18-8-12(14,15)16/h1-4,17H,5-8H2,(H,18,19). The van der Waals surface area contributed by atoms with Crippen LogP contribution in [0.2, 0.25) is 5.02 Å². The molecule has 0 saturated heterocycles. The van der Waals surface area contributed by atoms with Crippen molar-refractivity contribution in [1.82, 2.24) is 10.6 Å². The maximum absolute atomic E-state index is 11.8. The number of hydrogen-bond donors (Lipinski definition) is 2. The molecule has 7 heteroatoms. The Morgan fingerprint density at radius 2 is 1.84 bits per heavy atom. The van der Waals surface area contributed by atoms with Gasteiger partial charge in [0.05, 0.1) is 6.54 Å². The van der Waals surface area contributed by atoms with Crippen LogP contribution in [0.25, 0.3) is 0 Å². The van der Waals surface area contributed by atoms with Gasteiger partial charge in [-0.25, -0.2) is 0 Å². The fourth-order valence-electron chi connectivity index (χ4n) is 1.35. The van der Waals surface area contributed by atoms with Crippen molar-refractivity contribution in [3.63, 3.8) is 0 Å². The minimum absolute atomic E-state index is 0.135. The molecule has 1 rings (SSSR count). The van der Waals surface area contributed by atoms with E-state index in [0.717, 1.165) is 5.56 Å². The zero-order chi connectivity index (χ0) is 14.3. The first kappa shape index (κ1) is 15.8. The SMILES string of the molecule is O=C(CNCCc1ccc(Cl)cc1)NCC(F)(F)F. The molecule has 1 amide bonds. The van der Waals surface area contributed by atoms with Crippen LogP contribution in [0.3, 0.4) is 0 Å².